The van der Waals surface area contributed by atoms with Crippen LogP contribution in [0, 0.1) is 11.8 Å². The van der Waals surface area contributed by atoms with Crippen LogP contribution in [0.1, 0.15) is 152 Å². The molecular weight excluding hydrogens is 436 g/mol. The highest BCUT2D eigenvalue weighted by atomic mass is 14.9. The van der Waals surface area contributed by atoms with Gasteiger partial charge in [0.05, 0.1) is 0 Å². The normalized spacial score (nSPS) is 24.6. The molecule has 2 aromatic rings. The zero-order valence-electron chi connectivity index (χ0n) is 23.4. The van der Waals surface area contributed by atoms with Crippen LogP contribution in [0.2, 0.25) is 0 Å². The monoisotopic (exact) mass is 488 g/mol. The third kappa shape index (κ3) is 8.15. The summed E-state index contributed by atoms with van der Waals surface area (Å²) in [6.45, 7) is 4.64. The minimum atomic E-state index is 0.662. The van der Waals surface area contributed by atoms with Crippen molar-refractivity contribution >= 4 is 0 Å². The van der Waals surface area contributed by atoms with E-state index in [2.05, 4.69) is 50.5 Å². The standard InChI is InChI=1S/C34H52N2/c1-3-5-6-7-8-9-10-11-12-28-15-19-31(20-16-28)33-25-35-34(36-26-33)32-23-21-30(22-24-32)29-17-13-27(4-2)14-18-29/h21-29,31H,3-20H2,1-2H3/t27-,28-,29-,31-. The number of unbranched alkanes of at least 4 members (excludes halogenated alkanes) is 7. The Hall–Kier alpha value is -1.70. The van der Waals surface area contributed by atoms with Crippen LogP contribution in [0.15, 0.2) is 36.7 Å². The van der Waals surface area contributed by atoms with Gasteiger partial charge in [-0.3, -0.25) is 0 Å². The maximum atomic E-state index is 4.79. The molecule has 0 amide bonds. The van der Waals surface area contributed by atoms with Crippen LogP contribution in [0.5, 0.6) is 0 Å². The van der Waals surface area contributed by atoms with E-state index < -0.39 is 0 Å². The Balaban J connectivity index is 1.17. The summed E-state index contributed by atoms with van der Waals surface area (Å²) in [7, 11) is 0. The second-order valence-corrected chi connectivity index (χ2v) is 12.1. The summed E-state index contributed by atoms with van der Waals surface area (Å²) < 4.78 is 0. The van der Waals surface area contributed by atoms with Crippen molar-refractivity contribution in [3.05, 3.63) is 47.8 Å². The lowest BCUT2D eigenvalue weighted by atomic mass is 9.77. The van der Waals surface area contributed by atoms with E-state index in [0.717, 1.165) is 29.1 Å². The van der Waals surface area contributed by atoms with E-state index in [-0.39, 0.29) is 0 Å². The van der Waals surface area contributed by atoms with Crippen LogP contribution in [0.25, 0.3) is 11.4 Å². The summed E-state index contributed by atoms with van der Waals surface area (Å²) in [5, 5.41) is 0. The molecule has 36 heavy (non-hydrogen) atoms. The molecule has 0 bridgehead atoms. The van der Waals surface area contributed by atoms with E-state index in [1.165, 1.54) is 127 Å². The first-order valence-corrected chi connectivity index (χ1v) is 15.7. The molecule has 2 aliphatic rings. The molecule has 0 saturated heterocycles. The van der Waals surface area contributed by atoms with Gasteiger partial charge in [-0.1, -0.05) is 102 Å². The van der Waals surface area contributed by atoms with E-state index in [4.69, 9.17) is 9.97 Å². The number of aromatic nitrogens is 2. The molecule has 4 rings (SSSR count). The molecule has 1 heterocycles. The van der Waals surface area contributed by atoms with Gasteiger partial charge in [0.1, 0.15) is 0 Å². The molecule has 198 valence electrons. The maximum absolute atomic E-state index is 4.79. The average Bonchev–Trinajstić information content (AvgIpc) is 2.95. The van der Waals surface area contributed by atoms with Crippen molar-refractivity contribution in [2.45, 2.75) is 141 Å². The van der Waals surface area contributed by atoms with Crippen LogP contribution in [0.4, 0.5) is 0 Å². The fourth-order valence-corrected chi connectivity index (χ4v) is 6.86. The van der Waals surface area contributed by atoms with Crippen LogP contribution in [-0.2, 0) is 0 Å². The van der Waals surface area contributed by atoms with Crippen LogP contribution < -0.4 is 0 Å². The molecule has 1 aromatic carbocycles. The van der Waals surface area contributed by atoms with Crippen molar-refractivity contribution in [3.63, 3.8) is 0 Å². The van der Waals surface area contributed by atoms with E-state index >= 15 is 0 Å². The lowest BCUT2D eigenvalue weighted by Gasteiger charge is -2.28. The molecule has 0 spiro atoms. The first kappa shape index (κ1) is 27.3. The highest BCUT2D eigenvalue weighted by Gasteiger charge is 2.23. The summed E-state index contributed by atoms with van der Waals surface area (Å²) in [6, 6.07) is 9.15. The van der Waals surface area contributed by atoms with E-state index in [1.54, 1.807) is 0 Å². The molecule has 0 aliphatic heterocycles. The molecule has 0 unspecified atom stereocenters. The Morgan fingerprint density at radius 2 is 1.11 bits per heavy atom. The van der Waals surface area contributed by atoms with Gasteiger partial charge in [-0.25, -0.2) is 9.97 Å². The molecule has 2 fully saturated rings. The van der Waals surface area contributed by atoms with Crippen molar-refractivity contribution in [1.82, 2.24) is 9.97 Å². The van der Waals surface area contributed by atoms with Gasteiger partial charge >= 0.3 is 0 Å². The maximum Gasteiger partial charge on any atom is 0.159 e. The second-order valence-electron chi connectivity index (χ2n) is 12.1. The Kier molecular flexibility index (Phi) is 11.3. The highest BCUT2D eigenvalue weighted by Crippen LogP contribution is 2.39. The predicted molar refractivity (Wildman–Crippen MR) is 154 cm³/mol. The van der Waals surface area contributed by atoms with Gasteiger partial charge in [-0.05, 0) is 86.2 Å². The summed E-state index contributed by atoms with van der Waals surface area (Å²) in [5.41, 5.74) is 4.02. The van der Waals surface area contributed by atoms with E-state index in [0.29, 0.717) is 5.92 Å². The van der Waals surface area contributed by atoms with Crippen LogP contribution in [0.3, 0.4) is 0 Å². The molecule has 1 aromatic heterocycles. The largest absolute Gasteiger partial charge is 0.236 e. The van der Waals surface area contributed by atoms with Gasteiger partial charge < -0.3 is 0 Å². The minimum absolute atomic E-state index is 0.662. The molecule has 2 nitrogen and oxygen atoms in total. The summed E-state index contributed by atoms with van der Waals surface area (Å²) >= 11 is 0. The summed E-state index contributed by atoms with van der Waals surface area (Å²) in [5.74, 6) is 4.20. The summed E-state index contributed by atoms with van der Waals surface area (Å²) in [4.78, 5) is 9.58. The smallest absolute Gasteiger partial charge is 0.159 e. The fraction of sp³-hybridized carbons (Fsp3) is 0.706. The molecule has 2 aliphatic carbocycles. The topological polar surface area (TPSA) is 25.8 Å². The third-order valence-electron chi connectivity index (χ3n) is 9.52. The SMILES string of the molecule is CCCCCCCCCC[C@H]1CC[C@H](c2cnc(-c3ccc([C@H]4CC[C@H](CC)CC4)cc3)nc2)CC1. The van der Waals surface area contributed by atoms with Gasteiger partial charge in [0.25, 0.3) is 0 Å². The lowest BCUT2D eigenvalue weighted by Crippen LogP contribution is -2.14. The predicted octanol–water partition coefficient (Wildman–Crippen LogP) is 10.6. The Morgan fingerprint density at radius 3 is 1.69 bits per heavy atom. The molecular formula is C34H52N2. The van der Waals surface area contributed by atoms with E-state index in [1.807, 2.05) is 0 Å². The second kappa shape index (κ2) is 14.9. The van der Waals surface area contributed by atoms with E-state index in [9.17, 15) is 0 Å². The van der Waals surface area contributed by atoms with Crippen molar-refractivity contribution in [1.29, 1.82) is 0 Å². The average molecular weight is 489 g/mol. The number of hydrogen-bond acceptors (Lipinski definition) is 2. The molecule has 0 radical (unpaired) electrons. The van der Waals surface area contributed by atoms with Crippen LogP contribution >= 0.6 is 0 Å². The first-order chi connectivity index (χ1) is 17.8. The zero-order valence-corrected chi connectivity index (χ0v) is 23.4. The number of benzene rings is 1. The molecule has 0 N–H and O–H groups in total. The van der Waals surface area contributed by atoms with Crippen molar-refractivity contribution in [2.75, 3.05) is 0 Å². The Labute approximate surface area is 222 Å². The Morgan fingerprint density at radius 1 is 0.583 bits per heavy atom. The quantitative estimate of drug-likeness (QED) is 0.262. The van der Waals surface area contributed by atoms with Gasteiger partial charge in [0, 0.05) is 18.0 Å². The van der Waals surface area contributed by atoms with Gasteiger partial charge in [0.2, 0.25) is 0 Å². The van der Waals surface area contributed by atoms with Crippen molar-refractivity contribution in [3.8, 4) is 11.4 Å². The van der Waals surface area contributed by atoms with Crippen molar-refractivity contribution < 1.29 is 0 Å². The minimum Gasteiger partial charge on any atom is -0.236 e. The highest BCUT2D eigenvalue weighted by molar-refractivity contribution is 5.55. The van der Waals surface area contributed by atoms with Gasteiger partial charge in [-0.15, -0.1) is 0 Å². The van der Waals surface area contributed by atoms with Crippen LogP contribution in [-0.4, -0.2) is 9.97 Å². The zero-order chi connectivity index (χ0) is 25.0. The number of rotatable bonds is 13. The van der Waals surface area contributed by atoms with Crippen molar-refractivity contribution in [2.24, 2.45) is 11.8 Å². The third-order valence-corrected chi connectivity index (χ3v) is 9.52. The Bertz CT molecular complexity index is 840. The number of hydrogen-bond donors (Lipinski definition) is 0. The van der Waals surface area contributed by atoms with Gasteiger partial charge in [-0.2, -0.15) is 0 Å². The molecule has 0 atom stereocenters. The fourth-order valence-electron chi connectivity index (χ4n) is 6.86. The van der Waals surface area contributed by atoms with Gasteiger partial charge in [0.15, 0.2) is 5.82 Å². The molecule has 2 heteroatoms. The summed E-state index contributed by atoms with van der Waals surface area (Å²) in [6.07, 6.45) is 29.4. The lowest BCUT2D eigenvalue weighted by molar-refractivity contribution is 0.301. The molecule has 2 saturated carbocycles. The number of nitrogens with zero attached hydrogens (tertiary/aromatic N) is 2. The first-order valence-electron chi connectivity index (χ1n) is 15.7.